The number of rotatable bonds is 2. The maximum absolute atomic E-state index is 10.7. The number of hydrogen-bond donors (Lipinski definition) is 3. The largest absolute Gasteiger partial charge is 0.387 e. The SMILES string of the molecule is C=C1Nc2cccc3c2N1CCC(NC(C)C)C3O. The first-order valence-electron chi connectivity index (χ1n) is 6.88. The van der Waals surface area contributed by atoms with Crippen LogP contribution in [0.25, 0.3) is 0 Å². The summed E-state index contributed by atoms with van der Waals surface area (Å²) in [5.41, 5.74) is 3.12. The molecule has 0 amide bonds. The van der Waals surface area contributed by atoms with Crippen molar-refractivity contribution in [3.8, 4) is 0 Å². The Morgan fingerprint density at radius 2 is 2.26 bits per heavy atom. The fourth-order valence-corrected chi connectivity index (χ4v) is 3.05. The van der Waals surface area contributed by atoms with Crippen LogP contribution in [-0.4, -0.2) is 23.7 Å². The molecule has 0 fully saturated rings. The zero-order valence-electron chi connectivity index (χ0n) is 11.5. The van der Waals surface area contributed by atoms with E-state index in [0.717, 1.165) is 35.7 Å². The summed E-state index contributed by atoms with van der Waals surface area (Å²) in [6.45, 7) is 9.15. The van der Waals surface area contributed by atoms with Crippen molar-refractivity contribution in [3.63, 3.8) is 0 Å². The second-order valence-electron chi connectivity index (χ2n) is 5.63. The summed E-state index contributed by atoms with van der Waals surface area (Å²) in [6.07, 6.45) is 0.420. The van der Waals surface area contributed by atoms with Crippen molar-refractivity contribution in [1.29, 1.82) is 0 Å². The van der Waals surface area contributed by atoms with Crippen molar-refractivity contribution >= 4 is 11.4 Å². The van der Waals surface area contributed by atoms with Crippen molar-refractivity contribution in [2.45, 2.75) is 38.5 Å². The van der Waals surface area contributed by atoms with Gasteiger partial charge in [0.1, 0.15) is 5.82 Å². The predicted octanol–water partition coefficient (Wildman–Crippen LogP) is 2.19. The van der Waals surface area contributed by atoms with Gasteiger partial charge in [0, 0.05) is 24.2 Å². The summed E-state index contributed by atoms with van der Waals surface area (Å²) < 4.78 is 0. The topological polar surface area (TPSA) is 47.5 Å². The molecule has 2 unspecified atom stereocenters. The van der Waals surface area contributed by atoms with Crippen molar-refractivity contribution in [3.05, 3.63) is 36.2 Å². The molecule has 0 aliphatic carbocycles. The lowest BCUT2D eigenvalue weighted by atomic mass is 9.99. The molecule has 1 aromatic carbocycles. The number of para-hydroxylation sites is 1. The Labute approximate surface area is 114 Å². The Balaban J connectivity index is 2.02. The van der Waals surface area contributed by atoms with E-state index in [1.807, 2.05) is 18.2 Å². The normalized spacial score (nSPS) is 25.3. The summed E-state index contributed by atoms with van der Waals surface area (Å²) in [5, 5.41) is 17.4. The number of hydrogen-bond acceptors (Lipinski definition) is 4. The molecule has 2 heterocycles. The highest BCUT2D eigenvalue weighted by molar-refractivity contribution is 5.84. The lowest BCUT2D eigenvalue weighted by molar-refractivity contribution is 0.123. The van der Waals surface area contributed by atoms with E-state index in [-0.39, 0.29) is 6.04 Å². The van der Waals surface area contributed by atoms with E-state index in [2.05, 4.69) is 36.0 Å². The molecular formula is C15H21N3O. The van der Waals surface area contributed by atoms with Gasteiger partial charge in [0.05, 0.1) is 17.5 Å². The predicted molar refractivity (Wildman–Crippen MR) is 78.2 cm³/mol. The lowest BCUT2D eigenvalue weighted by Gasteiger charge is -2.25. The molecule has 4 nitrogen and oxygen atoms in total. The number of anilines is 2. The summed E-state index contributed by atoms with van der Waals surface area (Å²) >= 11 is 0. The average molecular weight is 259 g/mol. The molecular weight excluding hydrogens is 238 g/mol. The minimum atomic E-state index is -0.477. The molecule has 0 radical (unpaired) electrons. The van der Waals surface area contributed by atoms with Crippen LogP contribution in [-0.2, 0) is 0 Å². The summed E-state index contributed by atoms with van der Waals surface area (Å²) in [4.78, 5) is 2.18. The van der Waals surface area contributed by atoms with Crippen LogP contribution in [0.5, 0.6) is 0 Å². The fourth-order valence-electron chi connectivity index (χ4n) is 3.05. The van der Waals surface area contributed by atoms with E-state index in [1.165, 1.54) is 0 Å². The number of aliphatic hydroxyl groups excluding tert-OH is 1. The smallest absolute Gasteiger partial charge is 0.103 e. The minimum absolute atomic E-state index is 0.0879. The first-order chi connectivity index (χ1) is 9.08. The number of benzene rings is 1. The lowest BCUT2D eigenvalue weighted by Crippen LogP contribution is -2.40. The standard InChI is InChI=1S/C15H21N3O/c1-9(2)16-13-7-8-18-10(3)17-12-6-4-5-11(14(12)18)15(13)19/h4-6,9,13,15-17,19H,3,7-8H2,1-2H3. The monoisotopic (exact) mass is 259 g/mol. The van der Waals surface area contributed by atoms with Gasteiger partial charge in [0.25, 0.3) is 0 Å². The molecule has 3 rings (SSSR count). The van der Waals surface area contributed by atoms with Crippen LogP contribution in [0.2, 0.25) is 0 Å². The Morgan fingerprint density at radius 3 is 3.00 bits per heavy atom. The van der Waals surface area contributed by atoms with Crippen LogP contribution in [0.3, 0.4) is 0 Å². The van der Waals surface area contributed by atoms with E-state index < -0.39 is 6.10 Å². The zero-order chi connectivity index (χ0) is 13.6. The molecule has 2 atom stereocenters. The maximum atomic E-state index is 10.7. The van der Waals surface area contributed by atoms with Crippen LogP contribution in [0, 0.1) is 0 Å². The van der Waals surface area contributed by atoms with Crippen LogP contribution in [0.15, 0.2) is 30.6 Å². The summed E-state index contributed by atoms with van der Waals surface area (Å²) in [7, 11) is 0. The van der Waals surface area contributed by atoms with Crippen molar-refractivity contribution in [1.82, 2.24) is 5.32 Å². The van der Waals surface area contributed by atoms with E-state index >= 15 is 0 Å². The minimum Gasteiger partial charge on any atom is -0.387 e. The third kappa shape index (κ3) is 2.01. The molecule has 2 aliphatic heterocycles. The molecule has 4 heteroatoms. The Kier molecular flexibility index (Phi) is 2.99. The van der Waals surface area contributed by atoms with E-state index in [0.29, 0.717) is 6.04 Å². The molecule has 3 N–H and O–H groups in total. The van der Waals surface area contributed by atoms with Crippen LogP contribution >= 0.6 is 0 Å². The van der Waals surface area contributed by atoms with Gasteiger partial charge in [-0.15, -0.1) is 0 Å². The van der Waals surface area contributed by atoms with E-state index in [4.69, 9.17) is 0 Å². The molecule has 0 spiro atoms. The molecule has 1 aromatic rings. The van der Waals surface area contributed by atoms with Gasteiger partial charge in [-0.25, -0.2) is 0 Å². The van der Waals surface area contributed by atoms with Crippen LogP contribution in [0.4, 0.5) is 11.4 Å². The number of nitrogens with one attached hydrogen (secondary N) is 2. The molecule has 0 bridgehead atoms. The Bertz CT molecular complexity index is 512. The van der Waals surface area contributed by atoms with Gasteiger partial charge in [0.2, 0.25) is 0 Å². The molecule has 2 aliphatic rings. The quantitative estimate of drug-likeness (QED) is 0.762. The van der Waals surface area contributed by atoms with Crippen LogP contribution < -0.4 is 15.5 Å². The molecule has 102 valence electrons. The summed E-state index contributed by atoms with van der Waals surface area (Å²) in [5.74, 6) is 0.903. The highest BCUT2D eigenvalue weighted by Crippen LogP contribution is 2.44. The number of nitrogens with zero attached hydrogens (tertiary/aromatic N) is 1. The van der Waals surface area contributed by atoms with Gasteiger partial charge >= 0.3 is 0 Å². The van der Waals surface area contributed by atoms with Crippen molar-refractivity contribution in [2.24, 2.45) is 0 Å². The van der Waals surface area contributed by atoms with E-state index in [1.54, 1.807) is 0 Å². The Hall–Kier alpha value is -1.52. The van der Waals surface area contributed by atoms with E-state index in [9.17, 15) is 5.11 Å². The molecule has 0 aromatic heterocycles. The number of aliphatic hydroxyl groups is 1. The molecule has 0 saturated heterocycles. The molecule has 19 heavy (non-hydrogen) atoms. The van der Waals surface area contributed by atoms with Gasteiger partial charge in [-0.2, -0.15) is 0 Å². The van der Waals surface area contributed by atoms with Gasteiger partial charge < -0.3 is 20.6 Å². The average Bonchev–Trinajstić information content (AvgIpc) is 2.61. The van der Waals surface area contributed by atoms with Crippen LogP contribution in [0.1, 0.15) is 31.9 Å². The first kappa shape index (κ1) is 12.5. The van der Waals surface area contributed by atoms with Gasteiger partial charge in [0.15, 0.2) is 0 Å². The second-order valence-corrected chi connectivity index (χ2v) is 5.63. The zero-order valence-corrected chi connectivity index (χ0v) is 11.5. The van der Waals surface area contributed by atoms with Gasteiger partial charge in [-0.1, -0.05) is 32.6 Å². The third-order valence-electron chi connectivity index (χ3n) is 3.85. The van der Waals surface area contributed by atoms with Gasteiger partial charge in [-0.3, -0.25) is 0 Å². The van der Waals surface area contributed by atoms with Gasteiger partial charge in [-0.05, 0) is 12.5 Å². The summed E-state index contributed by atoms with van der Waals surface area (Å²) in [6, 6.07) is 6.48. The van der Waals surface area contributed by atoms with Crippen molar-refractivity contribution in [2.75, 3.05) is 16.8 Å². The van der Waals surface area contributed by atoms with Crippen molar-refractivity contribution < 1.29 is 5.11 Å². The first-order valence-corrected chi connectivity index (χ1v) is 6.88. The highest BCUT2D eigenvalue weighted by atomic mass is 16.3. The molecule has 0 saturated carbocycles. The highest BCUT2D eigenvalue weighted by Gasteiger charge is 2.34. The fraction of sp³-hybridized carbons (Fsp3) is 0.467. The second kappa shape index (κ2) is 4.54. The third-order valence-corrected chi connectivity index (χ3v) is 3.85. The Morgan fingerprint density at radius 1 is 1.47 bits per heavy atom. The maximum Gasteiger partial charge on any atom is 0.103 e.